The molecule has 0 fully saturated rings. The quantitative estimate of drug-likeness (QED) is 0.626. The molecule has 0 saturated carbocycles. The maximum Gasteiger partial charge on any atom is 0.242 e. The number of hydrogen-bond donors (Lipinski definition) is 1. The summed E-state index contributed by atoms with van der Waals surface area (Å²) in [5.74, 6) is -0.0869. The van der Waals surface area contributed by atoms with E-state index in [1.807, 2.05) is 68.4 Å². The fourth-order valence-corrected chi connectivity index (χ4v) is 3.05. The molecule has 0 heterocycles. The number of rotatable bonds is 10. The van der Waals surface area contributed by atoms with Crippen LogP contribution in [-0.4, -0.2) is 29.3 Å². The van der Waals surface area contributed by atoms with E-state index in [-0.39, 0.29) is 11.8 Å². The predicted octanol–water partition coefficient (Wildman–Crippen LogP) is 4.26. The van der Waals surface area contributed by atoms with Crippen molar-refractivity contribution in [2.24, 2.45) is 0 Å². The molecule has 0 spiro atoms. The first-order chi connectivity index (χ1) is 13.5. The summed E-state index contributed by atoms with van der Waals surface area (Å²) >= 11 is 0. The second kappa shape index (κ2) is 11.3. The highest BCUT2D eigenvalue weighted by molar-refractivity contribution is 5.87. The van der Waals surface area contributed by atoms with Crippen molar-refractivity contribution in [3.63, 3.8) is 0 Å². The summed E-state index contributed by atoms with van der Waals surface area (Å²) < 4.78 is 0. The standard InChI is InChI=1S/C24H32N2O2/c1-4-5-17-25-24(28)20(3)26(18-22-13-11-19(2)12-14-22)23(27)16-15-21-9-7-6-8-10-21/h6-14,20H,4-5,15-18H2,1-3H3,(H,25,28). The van der Waals surface area contributed by atoms with Crippen LogP contribution in [0.3, 0.4) is 0 Å². The van der Waals surface area contributed by atoms with Gasteiger partial charge in [-0.25, -0.2) is 0 Å². The average Bonchev–Trinajstić information content (AvgIpc) is 2.72. The predicted molar refractivity (Wildman–Crippen MR) is 114 cm³/mol. The van der Waals surface area contributed by atoms with Crippen LogP contribution in [0, 0.1) is 6.92 Å². The van der Waals surface area contributed by atoms with Gasteiger partial charge in [-0.1, -0.05) is 73.5 Å². The molecule has 1 atom stereocenters. The molecule has 0 radical (unpaired) electrons. The minimum atomic E-state index is -0.499. The topological polar surface area (TPSA) is 49.4 Å². The lowest BCUT2D eigenvalue weighted by Crippen LogP contribution is -2.47. The van der Waals surface area contributed by atoms with Crippen LogP contribution in [0.5, 0.6) is 0 Å². The normalized spacial score (nSPS) is 11.7. The van der Waals surface area contributed by atoms with Crippen LogP contribution in [0.2, 0.25) is 0 Å². The van der Waals surface area contributed by atoms with E-state index in [1.54, 1.807) is 4.90 Å². The van der Waals surface area contributed by atoms with Crippen LogP contribution >= 0.6 is 0 Å². The summed E-state index contributed by atoms with van der Waals surface area (Å²) in [5.41, 5.74) is 3.34. The molecule has 0 aliphatic heterocycles. The first-order valence-corrected chi connectivity index (χ1v) is 10.2. The van der Waals surface area contributed by atoms with Gasteiger partial charge in [0, 0.05) is 19.5 Å². The molecular formula is C24H32N2O2. The highest BCUT2D eigenvalue weighted by Crippen LogP contribution is 2.14. The third kappa shape index (κ3) is 6.84. The highest BCUT2D eigenvalue weighted by atomic mass is 16.2. The zero-order valence-electron chi connectivity index (χ0n) is 17.3. The second-order valence-corrected chi connectivity index (χ2v) is 7.31. The van der Waals surface area contributed by atoms with Crippen LogP contribution in [0.4, 0.5) is 0 Å². The number of benzene rings is 2. The Kier molecular flexibility index (Phi) is 8.73. The molecule has 2 aromatic carbocycles. The molecule has 0 bridgehead atoms. The second-order valence-electron chi connectivity index (χ2n) is 7.31. The van der Waals surface area contributed by atoms with E-state index in [1.165, 1.54) is 5.56 Å². The van der Waals surface area contributed by atoms with Crippen molar-refractivity contribution in [3.8, 4) is 0 Å². The van der Waals surface area contributed by atoms with Gasteiger partial charge in [-0.3, -0.25) is 9.59 Å². The van der Waals surface area contributed by atoms with Gasteiger partial charge in [0.25, 0.3) is 0 Å². The Hall–Kier alpha value is -2.62. The Labute approximate surface area is 169 Å². The van der Waals surface area contributed by atoms with Crippen LogP contribution < -0.4 is 5.32 Å². The number of carbonyl (C=O) groups excluding carboxylic acids is 2. The van der Waals surface area contributed by atoms with E-state index < -0.39 is 6.04 Å². The summed E-state index contributed by atoms with van der Waals surface area (Å²) in [7, 11) is 0. The Morgan fingerprint density at radius 3 is 2.32 bits per heavy atom. The van der Waals surface area contributed by atoms with Crippen LogP contribution in [-0.2, 0) is 22.6 Å². The lowest BCUT2D eigenvalue weighted by atomic mass is 10.1. The fourth-order valence-electron chi connectivity index (χ4n) is 3.05. The summed E-state index contributed by atoms with van der Waals surface area (Å²) in [6.45, 7) is 7.03. The number of amides is 2. The maximum atomic E-state index is 13.0. The molecular weight excluding hydrogens is 348 g/mol. The van der Waals surface area contributed by atoms with Gasteiger partial charge in [0.05, 0.1) is 0 Å². The number of unbranched alkanes of at least 4 members (excludes halogenated alkanes) is 1. The lowest BCUT2D eigenvalue weighted by Gasteiger charge is -2.29. The molecule has 2 aromatic rings. The van der Waals surface area contributed by atoms with Crippen LogP contribution in [0.15, 0.2) is 54.6 Å². The third-order valence-electron chi connectivity index (χ3n) is 4.94. The first-order valence-electron chi connectivity index (χ1n) is 10.2. The fraction of sp³-hybridized carbons (Fsp3) is 0.417. The van der Waals surface area contributed by atoms with Crippen molar-refractivity contribution in [2.45, 2.75) is 59.0 Å². The average molecular weight is 381 g/mol. The Morgan fingerprint density at radius 1 is 1.00 bits per heavy atom. The van der Waals surface area contributed by atoms with Gasteiger partial charge < -0.3 is 10.2 Å². The third-order valence-corrected chi connectivity index (χ3v) is 4.94. The van der Waals surface area contributed by atoms with Gasteiger partial charge in [-0.05, 0) is 37.8 Å². The molecule has 4 nitrogen and oxygen atoms in total. The molecule has 4 heteroatoms. The van der Waals surface area contributed by atoms with Gasteiger partial charge >= 0.3 is 0 Å². The molecule has 1 unspecified atom stereocenters. The van der Waals surface area contributed by atoms with Gasteiger partial charge in [0.15, 0.2) is 0 Å². The van der Waals surface area contributed by atoms with E-state index in [9.17, 15) is 9.59 Å². The molecule has 0 aromatic heterocycles. The summed E-state index contributed by atoms with van der Waals surface area (Å²) in [4.78, 5) is 27.3. The molecule has 28 heavy (non-hydrogen) atoms. The molecule has 0 aliphatic rings. The minimum absolute atomic E-state index is 0.00238. The Balaban J connectivity index is 2.08. The highest BCUT2D eigenvalue weighted by Gasteiger charge is 2.25. The molecule has 0 saturated heterocycles. The number of nitrogens with zero attached hydrogens (tertiary/aromatic N) is 1. The van der Waals surface area contributed by atoms with E-state index in [0.717, 1.165) is 24.0 Å². The van der Waals surface area contributed by atoms with Crippen molar-refractivity contribution in [1.29, 1.82) is 0 Å². The Morgan fingerprint density at radius 2 is 1.68 bits per heavy atom. The summed E-state index contributed by atoms with van der Waals surface area (Å²) in [5, 5.41) is 2.95. The SMILES string of the molecule is CCCCNC(=O)C(C)N(Cc1ccc(C)cc1)C(=O)CCc1ccccc1. The van der Waals surface area contributed by atoms with Crippen molar-refractivity contribution in [1.82, 2.24) is 10.2 Å². The van der Waals surface area contributed by atoms with E-state index in [4.69, 9.17) is 0 Å². The van der Waals surface area contributed by atoms with E-state index >= 15 is 0 Å². The summed E-state index contributed by atoms with van der Waals surface area (Å²) in [6, 6.07) is 17.6. The van der Waals surface area contributed by atoms with Crippen LogP contribution in [0.25, 0.3) is 0 Å². The maximum absolute atomic E-state index is 13.0. The summed E-state index contributed by atoms with van der Waals surface area (Å²) in [6.07, 6.45) is 3.03. The number of hydrogen-bond acceptors (Lipinski definition) is 2. The van der Waals surface area contributed by atoms with Crippen molar-refractivity contribution >= 4 is 11.8 Å². The van der Waals surface area contributed by atoms with Crippen molar-refractivity contribution < 1.29 is 9.59 Å². The van der Waals surface area contributed by atoms with E-state index in [0.29, 0.717) is 25.9 Å². The molecule has 150 valence electrons. The smallest absolute Gasteiger partial charge is 0.242 e. The van der Waals surface area contributed by atoms with Crippen molar-refractivity contribution in [2.75, 3.05) is 6.54 Å². The van der Waals surface area contributed by atoms with E-state index in [2.05, 4.69) is 12.2 Å². The minimum Gasteiger partial charge on any atom is -0.354 e. The van der Waals surface area contributed by atoms with Gasteiger partial charge in [-0.15, -0.1) is 0 Å². The van der Waals surface area contributed by atoms with Crippen LogP contribution in [0.1, 0.15) is 49.8 Å². The number of aryl methyl sites for hydroxylation is 2. The monoisotopic (exact) mass is 380 g/mol. The number of nitrogens with one attached hydrogen (secondary N) is 1. The van der Waals surface area contributed by atoms with Gasteiger partial charge in [0.1, 0.15) is 6.04 Å². The largest absolute Gasteiger partial charge is 0.354 e. The molecule has 0 aliphatic carbocycles. The Bertz CT molecular complexity index is 741. The van der Waals surface area contributed by atoms with Gasteiger partial charge in [0.2, 0.25) is 11.8 Å². The number of carbonyl (C=O) groups is 2. The van der Waals surface area contributed by atoms with Gasteiger partial charge in [-0.2, -0.15) is 0 Å². The zero-order chi connectivity index (χ0) is 20.4. The molecule has 2 rings (SSSR count). The van der Waals surface area contributed by atoms with Crippen molar-refractivity contribution in [3.05, 3.63) is 71.3 Å². The molecule has 2 amide bonds. The lowest BCUT2D eigenvalue weighted by molar-refractivity contribution is -0.140. The first kappa shape index (κ1) is 21.7. The molecule has 1 N–H and O–H groups in total. The zero-order valence-corrected chi connectivity index (χ0v) is 17.3.